The molecule has 1 saturated heterocycles. The van der Waals surface area contributed by atoms with Gasteiger partial charge in [-0.15, -0.1) is 0 Å². The van der Waals surface area contributed by atoms with Gasteiger partial charge in [-0.25, -0.2) is 9.59 Å². The highest BCUT2D eigenvalue weighted by molar-refractivity contribution is 5.86. The van der Waals surface area contributed by atoms with E-state index in [2.05, 4.69) is 0 Å². The zero-order chi connectivity index (χ0) is 15.9. The second-order valence-corrected chi connectivity index (χ2v) is 6.43. The van der Waals surface area contributed by atoms with Gasteiger partial charge in [-0.1, -0.05) is 0 Å². The number of likely N-dealkylation sites (tertiary alicyclic amines) is 1. The van der Waals surface area contributed by atoms with Crippen molar-refractivity contribution in [3.63, 3.8) is 0 Å². The quantitative estimate of drug-likeness (QED) is 0.785. The van der Waals surface area contributed by atoms with E-state index in [9.17, 15) is 19.5 Å². The molecule has 1 aliphatic carbocycles. The highest BCUT2D eigenvalue weighted by Gasteiger charge is 2.68. The summed E-state index contributed by atoms with van der Waals surface area (Å²) < 4.78 is 10.2. The first-order valence-corrected chi connectivity index (χ1v) is 7.06. The largest absolute Gasteiger partial charge is 0.480 e. The van der Waals surface area contributed by atoms with E-state index in [1.54, 1.807) is 27.7 Å². The smallest absolute Gasteiger partial charge is 0.411 e. The molecule has 1 aliphatic heterocycles. The zero-order valence-electron chi connectivity index (χ0n) is 12.7. The Bertz CT molecular complexity index is 469. The van der Waals surface area contributed by atoms with Gasteiger partial charge in [0, 0.05) is 12.5 Å². The number of amides is 1. The lowest BCUT2D eigenvalue weighted by Gasteiger charge is -2.29. The molecule has 1 heterocycles. The van der Waals surface area contributed by atoms with Gasteiger partial charge in [-0.2, -0.15) is 0 Å². The number of fused-ring (bicyclic) bond motifs is 1. The summed E-state index contributed by atoms with van der Waals surface area (Å²) in [6.45, 7) is 7.36. The first kappa shape index (κ1) is 15.6. The standard InChI is InChI=1S/C14H21NO6/c1-5-20-12(18)9-7-6-15(10(8(7)9)11(16)17)13(19)21-14(2,3)4/h7-10H,5-6H2,1-4H3,(H,16,17)/t7-,8?,9?,10-/m0/s1. The van der Waals surface area contributed by atoms with Gasteiger partial charge in [-0.3, -0.25) is 9.69 Å². The highest BCUT2D eigenvalue weighted by Crippen LogP contribution is 2.56. The van der Waals surface area contributed by atoms with Gasteiger partial charge in [0.25, 0.3) is 0 Å². The molecule has 2 unspecified atom stereocenters. The molecule has 0 aromatic rings. The van der Waals surface area contributed by atoms with Crippen LogP contribution in [0.5, 0.6) is 0 Å². The maximum absolute atomic E-state index is 12.1. The van der Waals surface area contributed by atoms with Crippen LogP contribution in [0.25, 0.3) is 0 Å². The molecule has 7 nitrogen and oxygen atoms in total. The first-order chi connectivity index (χ1) is 9.67. The van der Waals surface area contributed by atoms with Crippen LogP contribution in [0.15, 0.2) is 0 Å². The second kappa shape index (κ2) is 5.20. The molecule has 7 heteroatoms. The maximum Gasteiger partial charge on any atom is 0.411 e. The van der Waals surface area contributed by atoms with Crippen LogP contribution in [0, 0.1) is 17.8 Å². The van der Waals surface area contributed by atoms with Crippen molar-refractivity contribution in [2.45, 2.75) is 39.3 Å². The van der Waals surface area contributed by atoms with Gasteiger partial charge in [0.15, 0.2) is 0 Å². The summed E-state index contributed by atoms with van der Waals surface area (Å²) in [6, 6.07) is -1.01. The van der Waals surface area contributed by atoms with Gasteiger partial charge < -0.3 is 14.6 Å². The molecule has 1 N–H and O–H groups in total. The molecular weight excluding hydrogens is 278 g/mol. The monoisotopic (exact) mass is 299 g/mol. The average molecular weight is 299 g/mol. The summed E-state index contributed by atoms with van der Waals surface area (Å²) in [4.78, 5) is 36.5. The van der Waals surface area contributed by atoms with Crippen molar-refractivity contribution in [3.05, 3.63) is 0 Å². The number of ether oxygens (including phenoxy) is 2. The van der Waals surface area contributed by atoms with E-state index < -0.39 is 29.6 Å². The van der Waals surface area contributed by atoms with Crippen LogP contribution in [0.2, 0.25) is 0 Å². The Labute approximate surface area is 123 Å². The summed E-state index contributed by atoms with van der Waals surface area (Å²) in [5, 5.41) is 9.36. The molecule has 2 rings (SSSR count). The molecule has 4 atom stereocenters. The SMILES string of the molecule is CCOC(=O)C1C2[C@@H]1CN(C(=O)OC(C)(C)C)[C@@H]2C(=O)O. The number of carboxylic acid groups (broad SMARTS) is 1. The molecule has 0 spiro atoms. The van der Waals surface area contributed by atoms with Crippen molar-refractivity contribution >= 4 is 18.0 Å². The fourth-order valence-corrected chi connectivity index (χ4v) is 2.99. The van der Waals surface area contributed by atoms with Gasteiger partial charge in [0.05, 0.1) is 12.5 Å². The lowest BCUT2D eigenvalue weighted by atomic mass is 10.1. The fourth-order valence-electron chi connectivity index (χ4n) is 2.99. The number of nitrogens with zero attached hydrogens (tertiary/aromatic N) is 1. The summed E-state index contributed by atoms with van der Waals surface area (Å²) in [6.07, 6.45) is -0.648. The van der Waals surface area contributed by atoms with Crippen LogP contribution < -0.4 is 0 Å². The predicted molar refractivity (Wildman–Crippen MR) is 71.5 cm³/mol. The van der Waals surface area contributed by atoms with E-state index in [4.69, 9.17) is 9.47 Å². The molecule has 0 aromatic carbocycles. The highest BCUT2D eigenvalue weighted by atomic mass is 16.6. The minimum absolute atomic E-state index is 0.141. The van der Waals surface area contributed by atoms with E-state index in [0.29, 0.717) is 0 Å². The van der Waals surface area contributed by atoms with Gasteiger partial charge >= 0.3 is 18.0 Å². The normalized spacial score (nSPS) is 30.6. The number of rotatable bonds is 3. The van der Waals surface area contributed by atoms with Gasteiger partial charge in [0.2, 0.25) is 0 Å². The Balaban J connectivity index is 2.07. The Morgan fingerprint density at radius 2 is 1.90 bits per heavy atom. The van der Waals surface area contributed by atoms with E-state index in [1.807, 2.05) is 0 Å². The number of esters is 1. The number of carbonyl (C=O) groups is 3. The van der Waals surface area contributed by atoms with Crippen molar-refractivity contribution in [2.24, 2.45) is 17.8 Å². The Kier molecular flexibility index (Phi) is 3.86. The van der Waals surface area contributed by atoms with E-state index in [0.717, 1.165) is 0 Å². The molecule has 118 valence electrons. The van der Waals surface area contributed by atoms with Crippen LogP contribution in [0.1, 0.15) is 27.7 Å². The number of hydrogen-bond donors (Lipinski definition) is 1. The van der Waals surface area contributed by atoms with E-state index >= 15 is 0 Å². The lowest BCUT2D eigenvalue weighted by Crippen LogP contribution is -2.47. The third kappa shape index (κ3) is 2.96. The van der Waals surface area contributed by atoms with E-state index in [-0.39, 0.29) is 31.0 Å². The minimum atomic E-state index is -1.11. The Hall–Kier alpha value is -1.79. The molecule has 1 amide bonds. The average Bonchev–Trinajstić information content (AvgIpc) is 2.87. The zero-order valence-corrected chi connectivity index (χ0v) is 12.7. The minimum Gasteiger partial charge on any atom is -0.480 e. The summed E-state index contributed by atoms with van der Waals surface area (Å²) in [5.41, 5.74) is -0.687. The predicted octanol–water partition coefficient (Wildman–Crippen LogP) is 1.12. The van der Waals surface area contributed by atoms with Crippen molar-refractivity contribution in [1.29, 1.82) is 0 Å². The first-order valence-electron chi connectivity index (χ1n) is 7.06. The summed E-state index contributed by atoms with van der Waals surface area (Å²) in [5.74, 6) is -2.40. The van der Waals surface area contributed by atoms with Crippen molar-refractivity contribution in [2.75, 3.05) is 13.2 Å². The molecule has 1 saturated carbocycles. The Morgan fingerprint density at radius 3 is 2.38 bits per heavy atom. The van der Waals surface area contributed by atoms with Gasteiger partial charge in [-0.05, 0) is 33.6 Å². The Morgan fingerprint density at radius 1 is 1.29 bits per heavy atom. The van der Waals surface area contributed by atoms with E-state index in [1.165, 1.54) is 4.90 Å². The number of carbonyl (C=O) groups excluding carboxylic acids is 2. The number of piperidine rings is 1. The molecule has 2 fully saturated rings. The molecule has 21 heavy (non-hydrogen) atoms. The topological polar surface area (TPSA) is 93.1 Å². The number of hydrogen-bond acceptors (Lipinski definition) is 5. The summed E-state index contributed by atoms with van der Waals surface area (Å²) in [7, 11) is 0. The summed E-state index contributed by atoms with van der Waals surface area (Å²) >= 11 is 0. The second-order valence-electron chi connectivity index (χ2n) is 6.43. The van der Waals surface area contributed by atoms with Crippen LogP contribution in [0.3, 0.4) is 0 Å². The van der Waals surface area contributed by atoms with Crippen molar-refractivity contribution in [3.8, 4) is 0 Å². The maximum atomic E-state index is 12.1. The number of carboxylic acids is 1. The van der Waals surface area contributed by atoms with Crippen LogP contribution >= 0.6 is 0 Å². The van der Waals surface area contributed by atoms with Gasteiger partial charge in [0.1, 0.15) is 11.6 Å². The molecule has 0 bridgehead atoms. The lowest BCUT2D eigenvalue weighted by molar-refractivity contribution is -0.147. The third-order valence-corrected chi connectivity index (χ3v) is 3.78. The molecular formula is C14H21NO6. The molecule has 2 aliphatic rings. The molecule has 0 aromatic heterocycles. The number of aliphatic carboxylic acids is 1. The third-order valence-electron chi connectivity index (χ3n) is 3.78. The van der Waals surface area contributed by atoms with Crippen LogP contribution in [0.4, 0.5) is 4.79 Å². The van der Waals surface area contributed by atoms with Crippen molar-refractivity contribution < 1.29 is 29.0 Å². The molecule has 0 radical (unpaired) electrons. The van der Waals surface area contributed by atoms with Crippen LogP contribution in [-0.2, 0) is 19.1 Å². The van der Waals surface area contributed by atoms with Crippen molar-refractivity contribution in [1.82, 2.24) is 4.90 Å². The fraction of sp³-hybridized carbons (Fsp3) is 0.786. The van der Waals surface area contributed by atoms with Crippen LogP contribution in [-0.4, -0.2) is 52.8 Å².